The number of nitrogens with zero attached hydrogens (tertiary/aromatic N) is 1. The first-order chi connectivity index (χ1) is 6.56. The Bertz CT molecular complexity index is 380. The standard InChI is InChI=1S/C9H15N3OS/c1-6(13)8(10-2)4-7-5-11-9(14)12(7)3/h5,8,10H,4H2,1-3H3,(H,11,14). The van der Waals surface area contributed by atoms with Crippen LogP contribution in [-0.2, 0) is 18.3 Å². The number of rotatable bonds is 4. The van der Waals surface area contributed by atoms with E-state index in [1.165, 1.54) is 0 Å². The number of ketones is 1. The van der Waals surface area contributed by atoms with Crippen molar-refractivity contribution in [3.05, 3.63) is 16.7 Å². The Balaban J connectivity index is 2.82. The predicted octanol–water partition coefficient (Wildman–Crippen LogP) is 0.802. The summed E-state index contributed by atoms with van der Waals surface area (Å²) in [6.45, 7) is 1.59. The molecule has 14 heavy (non-hydrogen) atoms. The molecular weight excluding hydrogens is 198 g/mol. The lowest BCUT2D eigenvalue weighted by atomic mass is 10.1. The zero-order valence-electron chi connectivity index (χ0n) is 8.63. The lowest BCUT2D eigenvalue weighted by Crippen LogP contribution is -2.34. The van der Waals surface area contributed by atoms with E-state index in [-0.39, 0.29) is 11.8 Å². The van der Waals surface area contributed by atoms with E-state index in [4.69, 9.17) is 12.2 Å². The first-order valence-electron chi connectivity index (χ1n) is 4.47. The zero-order valence-corrected chi connectivity index (χ0v) is 9.44. The third-order valence-electron chi connectivity index (χ3n) is 2.35. The molecule has 4 nitrogen and oxygen atoms in total. The molecule has 1 rings (SSSR count). The van der Waals surface area contributed by atoms with Crippen molar-refractivity contribution < 1.29 is 4.79 Å². The molecule has 0 aliphatic heterocycles. The van der Waals surface area contributed by atoms with Gasteiger partial charge in [-0.15, -0.1) is 0 Å². The molecule has 5 heteroatoms. The van der Waals surface area contributed by atoms with E-state index in [1.807, 2.05) is 17.8 Å². The number of imidazole rings is 1. The number of H-pyrrole nitrogens is 1. The van der Waals surface area contributed by atoms with E-state index in [0.717, 1.165) is 5.69 Å². The second-order valence-electron chi connectivity index (χ2n) is 3.30. The topological polar surface area (TPSA) is 49.8 Å². The molecule has 0 aromatic carbocycles. The van der Waals surface area contributed by atoms with Gasteiger partial charge in [0.2, 0.25) is 0 Å². The van der Waals surface area contributed by atoms with Gasteiger partial charge >= 0.3 is 0 Å². The number of carbonyl (C=O) groups is 1. The Kier molecular flexibility index (Phi) is 3.60. The van der Waals surface area contributed by atoms with Crippen LogP contribution in [0.15, 0.2) is 6.20 Å². The molecule has 0 saturated heterocycles. The first-order valence-corrected chi connectivity index (χ1v) is 4.88. The quantitative estimate of drug-likeness (QED) is 0.727. The highest BCUT2D eigenvalue weighted by atomic mass is 32.1. The van der Waals surface area contributed by atoms with Crippen molar-refractivity contribution >= 4 is 18.0 Å². The van der Waals surface area contributed by atoms with E-state index in [1.54, 1.807) is 14.0 Å². The molecule has 0 aliphatic rings. The van der Waals surface area contributed by atoms with Crippen molar-refractivity contribution in [3.63, 3.8) is 0 Å². The summed E-state index contributed by atoms with van der Waals surface area (Å²) >= 11 is 5.03. The van der Waals surface area contributed by atoms with Gasteiger partial charge in [0.1, 0.15) is 5.78 Å². The SMILES string of the molecule is CNC(Cc1c[nH]c(=S)n1C)C(C)=O. The predicted molar refractivity (Wildman–Crippen MR) is 57.8 cm³/mol. The Labute approximate surface area is 88.3 Å². The van der Waals surface area contributed by atoms with Crippen LogP contribution in [0.25, 0.3) is 0 Å². The van der Waals surface area contributed by atoms with Crippen LogP contribution in [0.5, 0.6) is 0 Å². The Hall–Kier alpha value is -0.940. The normalized spacial score (nSPS) is 12.8. The molecule has 1 heterocycles. The average Bonchev–Trinajstić information content (AvgIpc) is 2.44. The summed E-state index contributed by atoms with van der Waals surface area (Å²) in [5.74, 6) is 0.139. The number of likely N-dealkylation sites (N-methyl/N-ethyl adjacent to an activating group) is 1. The number of Topliss-reactive ketones (excluding diaryl/α,β-unsaturated/α-hetero) is 1. The van der Waals surface area contributed by atoms with E-state index in [0.29, 0.717) is 11.2 Å². The summed E-state index contributed by atoms with van der Waals surface area (Å²) in [7, 11) is 3.67. The van der Waals surface area contributed by atoms with Crippen molar-refractivity contribution in [3.8, 4) is 0 Å². The molecule has 0 saturated carbocycles. The maximum absolute atomic E-state index is 11.2. The van der Waals surface area contributed by atoms with Crippen LogP contribution < -0.4 is 5.32 Å². The Morgan fingerprint density at radius 2 is 2.43 bits per heavy atom. The van der Waals surface area contributed by atoms with E-state index in [9.17, 15) is 4.79 Å². The average molecular weight is 213 g/mol. The molecule has 1 atom stereocenters. The van der Waals surface area contributed by atoms with Crippen LogP contribution >= 0.6 is 12.2 Å². The molecule has 1 aromatic heterocycles. The van der Waals surface area contributed by atoms with Gasteiger partial charge in [0.05, 0.1) is 6.04 Å². The third kappa shape index (κ3) is 2.30. The molecule has 1 aromatic rings. The number of aromatic nitrogens is 2. The van der Waals surface area contributed by atoms with Crippen molar-refractivity contribution in [2.75, 3.05) is 7.05 Å². The van der Waals surface area contributed by atoms with Crippen LogP contribution in [0.3, 0.4) is 0 Å². The fourth-order valence-electron chi connectivity index (χ4n) is 1.32. The van der Waals surface area contributed by atoms with Crippen molar-refractivity contribution in [1.29, 1.82) is 0 Å². The fraction of sp³-hybridized carbons (Fsp3) is 0.556. The van der Waals surface area contributed by atoms with Crippen molar-refractivity contribution in [2.45, 2.75) is 19.4 Å². The van der Waals surface area contributed by atoms with Gasteiger partial charge < -0.3 is 14.9 Å². The summed E-state index contributed by atoms with van der Waals surface area (Å²) in [4.78, 5) is 14.1. The Morgan fingerprint density at radius 1 is 1.79 bits per heavy atom. The van der Waals surface area contributed by atoms with Crippen LogP contribution in [0, 0.1) is 4.77 Å². The van der Waals surface area contributed by atoms with Gasteiger partial charge in [-0.2, -0.15) is 0 Å². The van der Waals surface area contributed by atoms with Crippen LogP contribution in [-0.4, -0.2) is 28.4 Å². The van der Waals surface area contributed by atoms with Crippen LogP contribution in [0.4, 0.5) is 0 Å². The van der Waals surface area contributed by atoms with E-state index in [2.05, 4.69) is 10.3 Å². The molecule has 2 N–H and O–H groups in total. The maximum atomic E-state index is 11.2. The molecule has 0 aliphatic carbocycles. The van der Waals surface area contributed by atoms with Gasteiger partial charge in [-0.05, 0) is 26.2 Å². The zero-order chi connectivity index (χ0) is 10.7. The van der Waals surface area contributed by atoms with Gasteiger partial charge in [0, 0.05) is 25.4 Å². The van der Waals surface area contributed by atoms with Crippen molar-refractivity contribution in [2.24, 2.45) is 7.05 Å². The number of hydrogen-bond acceptors (Lipinski definition) is 3. The van der Waals surface area contributed by atoms with Gasteiger partial charge in [-0.1, -0.05) is 0 Å². The van der Waals surface area contributed by atoms with Crippen LogP contribution in [0.2, 0.25) is 0 Å². The Morgan fingerprint density at radius 3 is 2.79 bits per heavy atom. The molecule has 1 unspecified atom stereocenters. The van der Waals surface area contributed by atoms with Crippen LogP contribution in [0.1, 0.15) is 12.6 Å². The monoisotopic (exact) mass is 213 g/mol. The highest BCUT2D eigenvalue weighted by Gasteiger charge is 2.13. The molecule has 0 radical (unpaired) electrons. The first kappa shape index (κ1) is 11.1. The summed E-state index contributed by atoms with van der Waals surface area (Å²) in [5, 5.41) is 2.98. The van der Waals surface area contributed by atoms with Crippen molar-refractivity contribution in [1.82, 2.24) is 14.9 Å². The van der Waals surface area contributed by atoms with Gasteiger partial charge in [-0.3, -0.25) is 4.79 Å². The maximum Gasteiger partial charge on any atom is 0.177 e. The number of carbonyl (C=O) groups excluding carboxylic acids is 1. The lowest BCUT2D eigenvalue weighted by molar-refractivity contribution is -0.118. The molecule has 0 bridgehead atoms. The summed E-state index contributed by atoms with van der Waals surface area (Å²) in [5.41, 5.74) is 1.03. The van der Waals surface area contributed by atoms with Gasteiger partial charge in [0.25, 0.3) is 0 Å². The van der Waals surface area contributed by atoms with Gasteiger partial charge in [0.15, 0.2) is 4.77 Å². The smallest absolute Gasteiger partial charge is 0.177 e. The molecule has 0 spiro atoms. The van der Waals surface area contributed by atoms with E-state index >= 15 is 0 Å². The minimum atomic E-state index is -0.133. The molecule has 0 amide bonds. The summed E-state index contributed by atoms with van der Waals surface area (Å²) < 4.78 is 2.56. The second kappa shape index (κ2) is 4.52. The fourth-order valence-corrected chi connectivity index (χ4v) is 1.50. The second-order valence-corrected chi connectivity index (χ2v) is 3.69. The highest BCUT2D eigenvalue weighted by Crippen LogP contribution is 2.03. The number of aromatic amines is 1. The van der Waals surface area contributed by atoms with E-state index < -0.39 is 0 Å². The molecular formula is C9H15N3OS. The largest absolute Gasteiger partial charge is 0.337 e. The number of nitrogens with one attached hydrogen (secondary N) is 2. The lowest BCUT2D eigenvalue weighted by Gasteiger charge is -2.12. The van der Waals surface area contributed by atoms with Gasteiger partial charge in [-0.25, -0.2) is 0 Å². The number of hydrogen-bond donors (Lipinski definition) is 2. The minimum Gasteiger partial charge on any atom is -0.337 e. The summed E-state index contributed by atoms with van der Waals surface area (Å²) in [6.07, 6.45) is 2.51. The summed E-state index contributed by atoms with van der Waals surface area (Å²) in [6, 6.07) is -0.133. The minimum absolute atomic E-state index is 0.133. The molecule has 78 valence electrons. The molecule has 0 fully saturated rings. The highest BCUT2D eigenvalue weighted by molar-refractivity contribution is 7.71. The third-order valence-corrected chi connectivity index (χ3v) is 2.74.